The maximum atomic E-state index is 13.3. The van der Waals surface area contributed by atoms with Gasteiger partial charge in [0.2, 0.25) is 11.6 Å². The number of halogens is 1. The highest BCUT2D eigenvalue weighted by Crippen LogP contribution is 2.26. The second kappa shape index (κ2) is 9.23. The molecule has 0 fully saturated rings. The van der Waals surface area contributed by atoms with Gasteiger partial charge in [-0.15, -0.1) is 5.10 Å². The topological polar surface area (TPSA) is 90.5 Å². The Balaban J connectivity index is 1.54. The molecular weight excluding hydrogens is 466 g/mol. The molecule has 35 heavy (non-hydrogen) atoms. The lowest BCUT2D eigenvalue weighted by molar-refractivity contribution is -0.117. The molecule has 0 unspecified atom stereocenters. The van der Waals surface area contributed by atoms with Gasteiger partial charge < -0.3 is 10.1 Å². The lowest BCUT2D eigenvalue weighted by Crippen LogP contribution is -2.28. The molecule has 0 saturated carbocycles. The zero-order valence-corrected chi connectivity index (χ0v) is 19.9. The molecule has 2 heterocycles. The Morgan fingerprint density at radius 2 is 1.83 bits per heavy atom. The fraction of sp³-hybridized carbons (Fsp3) is 0.154. The third-order valence-corrected chi connectivity index (χ3v) is 6.17. The van der Waals surface area contributed by atoms with Crippen LogP contribution < -0.4 is 15.7 Å². The number of nitrogens with one attached hydrogen (secondary N) is 1. The summed E-state index contributed by atoms with van der Waals surface area (Å²) in [5.41, 5.74) is 3.38. The van der Waals surface area contributed by atoms with E-state index >= 15 is 0 Å². The van der Waals surface area contributed by atoms with Gasteiger partial charge in [-0.2, -0.15) is 0 Å². The van der Waals surface area contributed by atoms with Crippen molar-refractivity contribution in [1.29, 1.82) is 0 Å². The summed E-state index contributed by atoms with van der Waals surface area (Å²) in [6, 6.07) is 20.1. The molecule has 3 aromatic carbocycles. The van der Waals surface area contributed by atoms with Crippen LogP contribution >= 0.6 is 11.6 Å². The van der Waals surface area contributed by atoms with Crippen molar-refractivity contribution < 1.29 is 9.53 Å². The fourth-order valence-electron chi connectivity index (χ4n) is 3.82. The summed E-state index contributed by atoms with van der Waals surface area (Å²) in [6.45, 7) is 3.60. The van der Waals surface area contributed by atoms with Crippen LogP contribution in [0.2, 0.25) is 5.02 Å². The Hall–Kier alpha value is -4.17. The number of carbonyl (C=O) groups is 1. The molecule has 0 atom stereocenters. The Labute approximate surface area is 205 Å². The summed E-state index contributed by atoms with van der Waals surface area (Å²) in [5.74, 6) is 0.341. The standard InChI is InChI=1S/C26H22ClN5O3/c1-3-17-11-13-18(14-12-17)35-25-24-30-31(15-23(33)28-20-9-6-7-19(27)16(20)2)26(34)32(24)22-10-5-4-8-21(22)29-25/h4-14H,3,15H2,1-2H3,(H,28,33). The van der Waals surface area contributed by atoms with Gasteiger partial charge in [-0.25, -0.2) is 18.9 Å². The molecule has 0 aliphatic rings. The van der Waals surface area contributed by atoms with E-state index in [1.165, 1.54) is 9.96 Å². The first kappa shape index (κ1) is 22.6. The molecule has 1 amide bonds. The lowest BCUT2D eigenvalue weighted by Gasteiger charge is -2.09. The highest BCUT2D eigenvalue weighted by atomic mass is 35.5. The van der Waals surface area contributed by atoms with Crippen LogP contribution in [0, 0.1) is 6.92 Å². The number of hydrogen-bond acceptors (Lipinski definition) is 5. The van der Waals surface area contributed by atoms with Gasteiger partial charge in [-0.1, -0.05) is 48.9 Å². The maximum Gasteiger partial charge on any atom is 0.351 e. The third-order valence-electron chi connectivity index (χ3n) is 5.76. The first-order valence-electron chi connectivity index (χ1n) is 11.1. The van der Waals surface area contributed by atoms with Gasteiger partial charge in [0.25, 0.3) is 5.88 Å². The number of carbonyl (C=O) groups excluding carboxylic acids is 1. The van der Waals surface area contributed by atoms with Crippen molar-refractivity contribution in [3.8, 4) is 11.6 Å². The molecule has 176 valence electrons. The second-order valence-corrected chi connectivity index (χ2v) is 8.47. The van der Waals surface area contributed by atoms with Gasteiger partial charge >= 0.3 is 5.69 Å². The Bertz CT molecular complexity index is 1620. The number of fused-ring (bicyclic) bond motifs is 3. The van der Waals surface area contributed by atoms with Gasteiger partial charge in [0.1, 0.15) is 12.3 Å². The average Bonchev–Trinajstić information content (AvgIpc) is 3.19. The zero-order valence-electron chi connectivity index (χ0n) is 19.2. The Morgan fingerprint density at radius 1 is 1.06 bits per heavy atom. The molecule has 0 aliphatic heterocycles. The summed E-state index contributed by atoms with van der Waals surface area (Å²) in [6.07, 6.45) is 0.912. The van der Waals surface area contributed by atoms with Crippen LogP contribution in [0.4, 0.5) is 5.69 Å². The molecule has 8 nitrogen and oxygen atoms in total. The van der Waals surface area contributed by atoms with Gasteiger partial charge in [-0.05, 0) is 60.9 Å². The van der Waals surface area contributed by atoms with Crippen LogP contribution in [-0.4, -0.2) is 25.1 Å². The first-order valence-corrected chi connectivity index (χ1v) is 11.5. The molecule has 5 rings (SSSR count). The number of aryl methyl sites for hydroxylation is 1. The molecule has 2 aromatic heterocycles. The van der Waals surface area contributed by atoms with Gasteiger partial charge in [0.15, 0.2) is 0 Å². The second-order valence-electron chi connectivity index (χ2n) is 8.07. The SMILES string of the molecule is CCc1ccc(Oc2nc3ccccc3n3c(=O)n(CC(=O)Nc4cccc(Cl)c4C)nc23)cc1. The summed E-state index contributed by atoms with van der Waals surface area (Å²) in [4.78, 5) is 30.7. The van der Waals surface area contributed by atoms with E-state index in [1.54, 1.807) is 30.3 Å². The van der Waals surface area contributed by atoms with E-state index in [1.807, 2.05) is 43.3 Å². The fourth-order valence-corrected chi connectivity index (χ4v) is 3.99. The predicted octanol–water partition coefficient (Wildman–Crippen LogP) is 5.00. The van der Waals surface area contributed by atoms with Crippen molar-refractivity contribution in [1.82, 2.24) is 19.2 Å². The highest BCUT2D eigenvalue weighted by molar-refractivity contribution is 6.31. The number of hydrogen-bond donors (Lipinski definition) is 1. The lowest BCUT2D eigenvalue weighted by atomic mass is 10.2. The van der Waals surface area contributed by atoms with Crippen molar-refractivity contribution in [3.05, 3.63) is 93.4 Å². The summed E-state index contributed by atoms with van der Waals surface area (Å²) < 4.78 is 8.55. The van der Waals surface area contributed by atoms with Crippen LogP contribution in [0.25, 0.3) is 16.7 Å². The van der Waals surface area contributed by atoms with Crippen LogP contribution in [0.1, 0.15) is 18.1 Å². The minimum atomic E-state index is -0.470. The van der Waals surface area contributed by atoms with E-state index in [-0.39, 0.29) is 18.1 Å². The maximum absolute atomic E-state index is 13.3. The molecule has 5 aromatic rings. The Kier molecular flexibility index (Phi) is 5.96. The average molecular weight is 488 g/mol. The quantitative estimate of drug-likeness (QED) is 0.364. The van der Waals surface area contributed by atoms with E-state index in [4.69, 9.17) is 16.3 Å². The third kappa shape index (κ3) is 4.36. The Morgan fingerprint density at radius 3 is 2.60 bits per heavy atom. The van der Waals surface area contributed by atoms with Crippen molar-refractivity contribution in [2.45, 2.75) is 26.8 Å². The van der Waals surface area contributed by atoms with Crippen molar-refractivity contribution in [2.75, 3.05) is 5.32 Å². The highest BCUT2D eigenvalue weighted by Gasteiger charge is 2.19. The predicted molar refractivity (Wildman–Crippen MR) is 135 cm³/mol. The van der Waals surface area contributed by atoms with E-state index in [0.717, 1.165) is 16.7 Å². The number of nitrogens with zero attached hydrogens (tertiary/aromatic N) is 4. The molecule has 1 N–H and O–H groups in total. The molecule has 0 bridgehead atoms. The van der Waals surface area contributed by atoms with Crippen LogP contribution in [0.5, 0.6) is 11.6 Å². The van der Waals surface area contributed by atoms with Crippen molar-refractivity contribution in [2.24, 2.45) is 0 Å². The number of para-hydroxylation sites is 2. The number of rotatable bonds is 6. The minimum Gasteiger partial charge on any atom is -0.436 e. The zero-order chi connectivity index (χ0) is 24.5. The van der Waals surface area contributed by atoms with Gasteiger partial charge in [0.05, 0.1) is 11.0 Å². The molecule has 0 spiro atoms. The van der Waals surface area contributed by atoms with E-state index in [2.05, 4.69) is 22.3 Å². The smallest absolute Gasteiger partial charge is 0.351 e. The number of anilines is 1. The van der Waals surface area contributed by atoms with E-state index in [9.17, 15) is 9.59 Å². The summed E-state index contributed by atoms with van der Waals surface area (Å²) >= 11 is 6.15. The van der Waals surface area contributed by atoms with E-state index < -0.39 is 11.6 Å². The van der Waals surface area contributed by atoms with Gasteiger partial charge in [0, 0.05) is 10.7 Å². The van der Waals surface area contributed by atoms with Crippen molar-refractivity contribution in [3.63, 3.8) is 0 Å². The van der Waals surface area contributed by atoms with Gasteiger partial charge in [-0.3, -0.25) is 4.79 Å². The summed E-state index contributed by atoms with van der Waals surface area (Å²) in [7, 11) is 0. The number of aromatic nitrogens is 4. The molecule has 0 aliphatic carbocycles. The molecule has 0 radical (unpaired) electrons. The normalized spacial score (nSPS) is 11.2. The van der Waals surface area contributed by atoms with Crippen molar-refractivity contribution >= 4 is 39.9 Å². The molecule has 9 heteroatoms. The van der Waals surface area contributed by atoms with Crippen LogP contribution in [0.3, 0.4) is 0 Å². The number of ether oxygens (including phenoxy) is 1. The molecule has 0 saturated heterocycles. The monoisotopic (exact) mass is 487 g/mol. The van der Waals surface area contributed by atoms with Crippen LogP contribution in [0.15, 0.2) is 71.5 Å². The van der Waals surface area contributed by atoms with Crippen LogP contribution in [-0.2, 0) is 17.8 Å². The summed E-state index contributed by atoms with van der Waals surface area (Å²) in [5, 5.41) is 7.74. The van der Waals surface area contributed by atoms with E-state index in [0.29, 0.717) is 27.5 Å². The number of benzene rings is 3. The molecular formula is C26H22ClN5O3. The first-order chi connectivity index (χ1) is 16.9. The number of amides is 1. The minimum absolute atomic E-state index is 0.176. The largest absolute Gasteiger partial charge is 0.436 e.